The summed E-state index contributed by atoms with van der Waals surface area (Å²) in [6.07, 6.45) is 1.23. The molecule has 1 aromatic carbocycles. The van der Waals surface area contributed by atoms with Crippen molar-refractivity contribution in [2.75, 3.05) is 11.9 Å². The third-order valence-electron chi connectivity index (χ3n) is 3.68. The summed E-state index contributed by atoms with van der Waals surface area (Å²) < 4.78 is 14.0. The molecule has 0 saturated heterocycles. The van der Waals surface area contributed by atoms with E-state index in [0.29, 0.717) is 18.4 Å². The van der Waals surface area contributed by atoms with Crippen LogP contribution in [0.4, 0.5) is 10.1 Å². The minimum absolute atomic E-state index is 0.0618. The molecular formula is C16H23FN2O2. The van der Waals surface area contributed by atoms with Gasteiger partial charge in [0.05, 0.1) is 0 Å². The Labute approximate surface area is 125 Å². The molecule has 116 valence electrons. The number of anilines is 1. The van der Waals surface area contributed by atoms with Crippen molar-refractivity contribution in [2.45, 2.75) is 45.6 Å². The molecule has 0 saturated carbocycles. The van der Waals surface area contributed by atoms with E-state index < -0.39 is 0 Å². The highest BCUT2D eigenvalue weighted by atomic mass is 19.1. The van der Waals surface area contributed by atoms with E-state index in [1.165, 1.54) is 6.07 Å². The van der Waals surface area contributed by atoms with Gasteiger partial charge >= 0.3 is 0 Å². The Morgan fingerprint density at radius 2 is 2.05 bits per heavy atom. The van der Waals surface area contributed by atoms with Gasteiger partial charge in [-0.25, -0.2) is 4.39 Å². The second-order valence-corrected chi connectivity index (χ2v) is 5.54. The number of carbonyl (C=O) groups is 2. The first-order chi connectivity index (χ1) is 9.86. The van der Waals surface area contributed by atoms with Crippen LogP contribution in [0.1, 0.15) is 45.1 Å². The lowest BCUT2D eigenvalue weighted by Gasteiger charge is -2.27. The quantitative estimate of drug-likeness (QED) is 0.787. The van der Waals surface area contributed by atoms with Gasteiger partial charge in [-0.05, 0) is 37.0 Å². The molecule has 4 nitrogen and oxygen atoms in total. The summed E-state index contributed by atoms with van der Waals surface area (Å²) in [6.45, 7) is 5.87. The standard InChI is InChI=1S/C16H23FN2O2/c1-11(2)14-7-6-13(9-15(14)17)19(4)12(3)5-8-16(21)18-10-20/h6-7,9-12H,5,8H2,1-4H3,(H,18,20,21). The summed E-state index contributed by atoms with van der Waals surface area (Å²) >= 11 is 0. The fourth-order valence-corrected chi connectivity index (χ4v) is 2.13. The molecule has 0 radical (unpaired) electrons. The molecule has 1 atom stereocenters. The van der Waals surface area contributed by atoms with E-state index in [9.17, 15) is 14.0 Å². The molecule has 5 heteroatoms. The van der Waals surface area contributed by atoms with Crippen molar-refractivity contribution in [1.82, 2.24) is 5.32 Å². The molecule has 2 amide bonds. The normalized spacial score (nSPS) is 12.1. The molecule has 0 aliphatic heterocycles. The van der Waals surface area contributed by atoms with Gasteiger partial charge in [0.25, 0.3) is 0 Å². The predicted octanol–water partition coefficient (Wildman–Crippen LogP) is 2.83. The lowest BCUT2D eigenvalue weighted by molar-refractivity contribution is -0.125. The number of amides is 2. The maximum Gasteiger partial charge on any atom is 0.226 e. The molecular weight excluding hydrogens is 271 g/mol. The van der Waals surface area contributed by atoms with Crippen LogP contribution in [-0.4, -0.2) is 25.4 Å². The van der Waals surface area contributed by atoms with E-state index in [1.807, 2.05) is 38.8 Å². The Balaban J connectivity index is 2.69. The van der Waals surface area contributed by atoms with Crippen molar-refractivity contribution in [2.24, 2.45) is 0 Å². The molecule has 0 heterocycles. The topological polar surface area (TPSA) is 49.4 Å². The predicted molar refractivity (Wildman–Crippen MR) is 81.8 cm³/mol. The first kappa shape index (κ1) is 17.1. The first-order valence-corrected chi connectivity index (χ1v) is 7.12. The average molecular weight is 294 g/mol. The lowest BCUT2D eigenvalue weighted by Crippen LogP contribution is -2.31. The highest BCUT2D eigenvalue weighted by molar-refractivity contribution is 5.85. The van der Waals surface area contributed by atoms with Gasteiger partial charge in [-0.3, -0.25) is 14.9 Å². The van der Waals surface area contributed by atoms with Crippen LogP contribution in [0.25, 0.3) is 0 Å². The molecule has 0 aromatic heterocycles. The third-order valence-corrected chi connectivity index (χ3v) is 3.68. The van der Waals surface area contributed by atoms with Crippen molar-refractivity contribution in [3.05, 3.63) is 29.6 Å². The third kappa shape index (κ3) is 4.85. The number of hydrogen-bond acceptors (Lipinski definition) is 3. The molecule has 1 N–H and O–H groups in total. The minimum Gasteiger partial charge on any atom is -0.372 e. The highest BCUT2D eigenvalue weighted by Crippen LogP contribution is 2.25. The second-order valence-electron chi connectivity index (χ2n) is 5.54. The van der Waals surface area contributed by atoms with E-state index in [4.69, 9.17) is 0 Å². The number of nitrogens with one attached hydrogen (secondary N) is 1. The maximum atomic E-state index is 14.0. The van der Waals surface area contributed by atoms with E-state index >= 15 is 0 Å². The Morgan fingerprint density at radius 3 is 2.57 bits per heavy atom. The molecule has 1 rings (SSSR count). The van der Waals surface area contributed by atoms with Gasteiger partial charge in [0.15, 0.2) is 0 Å². The zero-order chi connectivity index (χ0) is 16.0. The fourth-order valence-electron chi connectivity index (χ4n) is 2.13. The van der Waals surface area contributed by atoms with Crippen LogP contribution in [0.5, 0.6) is 0 Å². The van der Waals surface area contributed by atoms with Crippen LogP contribution in [-0.2, 0) is 9.59 Å². The Morgan fingerprint density at radius 1 is 1.38 bits per heavy atom. The van der Waals surface area contributed by atoms with Crippen LogP contribution in [0.2, 0.25) is 0 Å². The van der Waals surface area contributed by atoms with Crippen molar-refractivity contribution in [3.8, 4) is 0 Å². The molecule has 21 heavy (non-hydrogen) atoms. The molecule has 0 spiro atoms. The number of benzene rings is 1. The van der Waals surface area contributed by atoms with Crippen molar-refractivity contribution >= 4 is 18.0 Å². The SMILES string of the molecule is CC(C)c1ccc(N(C)C(C)CCC(=O)NC=O)cc1F. The zero-order valence-corrected chi connectivity index (χ0v) is 13.0. The van der Waals surface area contributed by atoms with Crippen molar-refractivity contribution < 1.29 is 14.0 Å². The number of nitrogens with zero attached hydrogens (tertiary/aromatic N) is 1. The van der Waals surface area contributed by atoms with Crippen LogP contribution in [0.3, 0.4) is 0 Å². The van der Waals surface area contributed by atoms with E-state index in [1.54, 1.807) is 6.07 Å². The molecule has 0 aliphatic rings. The average Bonchev–Trinajstić information content (AvgIpc) is 2.43. The summed E-state index contributed by atoms with van der Waals surface area (Å²) in [5.41, 5.74) is 1.48. The Kier molecular flexibility index (Phi) is 6.34. The Bertz CT molecular complexity index is 503. The highest BCUT2D eigenvalue weighted by Gasteiger charge is 2.14. The van der Waals surface area contributed by atoms with Crippen LogP contribution < -0.4 is 10.2 Å². The zero-order valence-electron chi connectivity index (χ0n) is 13.0. The van der Waals surface area contributed by atoms with E-state index in [2.05, 4.69) is 5.32 Å². The van der Waals surface area contributed by atoms with Crippen LogP contribution in [0.15, 0.2) is 18.2 Å². The van der Waals surface area contributed by atoms with Crippen molar-refractivity contribution in [1.29, 1.82) is 0 Å². The van der Waals surface area contributed by atoms with E-state index in [0.717, 1.165) is 5.69 Å². The number of carbonyl (C=O) groups excluding carboxylic acids is 2. The van der Waals surface area contributed by atoms with Crippen molar-refractivity contribution in [3.63, 3.8) is 0 Å². The van der Waals surface area contributed by atoms with Gasteiger partial charge in [0.2, 0.25) is 12.3 Å². The molecule has 0 bridgehead atoms. The summed E-state index contributed by atoms with van der Waals surface area (Å²) in [6, 6.07) is 5.28. The molecule has 0 aliphatic carbocycles. The number of imide groups is 1. The summed E-state index contributed by atoms with van der Waals surface area (Å²) in [5, 5.41) is 2.11. The van der Waals surface area contributed by atoms with Gasteiger partial charge in [-0.1, -0.05) is 19.9 Å². The van der Waals surface area contributed by atoms with Gasteiger partial charge in [0, 0.05) is 25.2 Å². The summed E-state index contributed by atoms with van der Waals surface area (Å²) in [4.78, 5) is 23.3. The van der Waals surface area contributed by atoms with E-state index in [-0.39, 0.29) is 30.1 Å². The van der Waals surface area contributed by atoms with Gasteiger partial charge in [-0.2, -0.15) is 0 Å². The molecule has 1 unspecified atom stereocenters. The number of halogens is 1. The second kappa shape index (κ2) is 7.76. The Hall–Kier alpha value is -1.91. The minimum atomic E-state index is -0.299. The molecule has 1 aromatic rings. The lowest BCUT2D eigenvalue weighted by atomic mass is 10.0. The van der Waals surface area contributed by atoms with Crippen LogP contribution in [0, 0.1) is 5.82 Å². The van der Waals surface area contributed by atoms with Gasteiger partial charge in [0.1, 0.15) is 5.82 Å². The summed E-state index contributed by atoms with van der Waals surface area (Å²) in [5.74, 6) is -0.361. The number of hydrogen-bond donors (Lipinski definition) is 1. The van der Waals surface area contributed by atoms with Gasteiger partial charge in [-0.15, -0.1) is 0 Å². The fraction of sp³-hybridized carbons (Fsp3) is 0.500. The largest absolute Gasteiger partial charge is 0.372 e. The molecule has 0 fully saturated rings. The maximum absolute atomic E-state index is 14.0. The number of rotatable bonds is 7. The van der Waals surface area contributed by atoms with Crippen LogP contribution >= 0.6 is 0 Å². The van der Waals surface area contributed by atoms with Gasteiger partial charge < -0.3 is 4.90 Å². The smallest absolute Gasteiger partial charge is 0.226 e. The summed E-state index contributed by atoms with van der Waals surface area (Å²) in [7, 11) is 1.87. The monoisotopic (exact) mass is 294 g/mol. The first-order valence-electron chi connectivity index (χ1n) is 7.12.